The van der Waals surface area contributed by atoms with E-state index in [1.807, 2.05) is 0 Å². The van der Waals surface area contributed by atoms with E-state index in [4.69, 9.17) is 11.6 Å². The van der Waals surface area contributed by atoms with Gasteiger partial charge in [-0.2, -0.15) is 0 Å². The minimum absolute atomic E-state index is 0.804. The Labute approximate surface area is 164 Å². The molecule has 3 heteroatoms. The first kappa shape index (κ1) is 20.5. The molecule has 0 radical (unpaired) electrons. The van der Waals surface area contributed by atoms with Crippen LogP contribution in [0, 0.1) is 0 Å². The van der Waals surface area contributed by atoms with E-state index in [0.29, 0.717) is 0 Å². The van der Waals surface area contributed by atoms with Gasteiger partial charge in [-0.15, -0.1) is 11.6 Å². The fourth-order valence-corrected chi connectivity index (χ4v) is 3.09. The second-order valence-electron chi connectivity index (χ2n) is 7.00. The zero-order valence-corrected chi connectivity index (χ0v) is 17.0. The third-order valence-corrected chi connectivity index (χ3v) is 4.86. The summed E-state index contributed by atoms with van der Waals surface area (Å²) in [5, 5.41) is 0. The third kappa shape index (κ3) is 7.61. The van der Waals surface area contributed by atoms with Gasteiger partial charge in [0.15, 0.2) is 12.4 Å². The first-order valence-corrected chi connectivity index (χ1v) is 10.2. The van der Waals surface area contributed by atoms with Crippen molar-refractivity contribution in [2.24, 2.45) is 0 Å². The molecule has 2 rings (SSSR count). The summed E-state index contributed by atoms with van der Waals surface area (Å²) in [6, 6.07) is 13.0. The molecule has 0 atom stereocenters. The average molecular weight is 372 g/mol. The first-order valence-electron chi connectivity index (χ1n) is 9.69. The Hall–Kier alpha value is -1.80. The van der Waals surface area contributed by atoms with E-state index >= 15 is 0 Å². The Morgan fingerprint density at radius 3 is 1.88 bits per heavy atom. The van der Waals surface area contributed by atoms with Gasteiger partial charge in [0.25, 0.3) is 0 Å². The number of aryl methyl sites for hydroxylation is 1. The lowest BCUT2D eigenvalue weighted by atomic mass is 10.1. The first-order chi connectivity index (χ1) is 12.7. The van der Waals surface area contributed by atoms with Gasteiger partial charge in [0, 0.05) is 44.2 Å². The van der Waals surface area contributed by atoms with Gasteiger partial charge in [-0.25, -0.2) is 4.57 Å². The van der Waals surface area contributed by atoms with Gasteiger partial charge in [0.05, 0.1) is 0 Å². The topological polar surface area (TPSA) is 7.12 Å². The second-order valence-corrected chi connectivity index (χ2v) is 7.38. The molecule has 0 N–H and O–H groups in total. The van der Waals surface area contributed by atoms with Crippen molar-refractivity contribution < 1.29 is 4.57 Å². The van der Waals surface area contributed by atoms with Gasteiger partial charge in [-0.1, -0.05) is 43.5 Å². The Balaban J connectivity index is 1.74. The number of halogens is 1. The molecule has 1 heterocycles. The minimum Gasteiger partial charge on any atom is -0.378 e. The lowest BCUT2D eigenvalue weighted by Crippen LogP contribution is -2.32. The molecule has 0 spiro atoms. The molecule has 0 fully saturated rings. The van der Waals surface area contributed by atoms with E-state index < -0.39 is 0 Å². The second kappa shape index (κ2) is 11.7. The molecule has 2 aromatic rings. The van der Waals surface area contributed by atoms with Crippen molar-refractivity contribution in [1.82, 2.24) is 0 Å². The largest absolute Gasteiger partial charge is 0.378 e. The summed E-state index contributed by atoms with van der Waals surface area (Å²) in [7, 11) is 4.12. The molecule has 0 bridgehead atoms. The van der Waals surface area contributed by atoms with Gasteiger partial charge in [0.2, 0.25) is 0 Å². The van der Waals surface area contributed by atoms with E-state index in [9.17, 15) is 0 Å². The van der Waals surface area contributed by atoms with E-state index in [0.717, 1.165) is 18.8 Å². The summed E-state index contributed by atoms with van der Waals surface area (Å²) in [6.45, 7) is 1.10. The van der Waals surface area contributed by atoms with Crippen LogP contribution in [0.4, 0.5) is 5.69 Å². The Bertz CT molecular complexity index is 645. The summed E-state index contributed by atoms with van der Waals surface area (Å²) >= 11 is 5.70. The number of anilines is 1. The maximum Gasteiger partial charge on any atom is 0.169 e. The molecule has 26 heavy (non-hydrogen) atoms. The fraction of sp³-hybridized carbons (Fsp3) is 0.435. The molecule has 2 nitrogen and oxygen atoms in total. The van der Waals surface area contributed by atoms with Crippen LogP contribution in [0.2, 0.25) is 0 Å². The molecule has 0 aliphatic heterocycles. The van der Waals surface area contributed by atoms with Crippen LogP contribution in [-0.2, 0) is 6.54 Å². The molecule has 0 saturated heterocycles. The van der Waals surface area contributed by atoms with Crippen molar-refractivity contribution >= 4 is 29.4 Å². The molecule has 0 aliphatic rings. The fourth-order valence-electron chi connectivity index (χ4n) is 2.90. The van der Waals surface area contributed by atoms with Crippen molar-refractivity contribution in [1.29, 1.82) is 0 Å². The molecular weight excluding hydrogens is 340 g/mol. The number of pyridine rings is 1. The van der Waals surface area contributed by atoms with Crippen LogP contribution < -0.4 is 9.47 Å². The number of aromatic nitrogens is 1. The monoisotopic (exact) mass is 371 g/mol. The summed E-state index contributed by atoms with van der Waals surface area (Å²) in [6.07, 6.45) is 16.3. The lowest BCUT2D eigenvalue weighted by Gasteiger charge is -2.11. The number of nitrogens with zero attached hydrogens (tertiary/aromatic N) is 2. The van der Waals surface area contributed by atoms with Crippen LogP contribution in [-0.4, -0.2) is 20.0 Å². The molecule has 140 valence electrons. The summed E-state index contributed by atoms with van der Waals surface area (Å²) in [5.41, 5.74) is 3.68. The van der Waals surface area contributed by atoms with Crippen molar-refractivity contribution in [3.05, 3.63) is 59.9 Å². The molecular formula is C23H32ClN2+. The van der Waals surface area contributed by atoms with E-state index in [1.54, 1.807) is 0 Å². The number of unbranched alkanes of at least 4 members (excludes halogenated alkanes) is 5. The molecule has 0 saturated carbocycles. The number of rotatable bonds is 11. The normalized spacial score (nSPS) is 11.2. The highest BCUT2D eigenvalue weighted by atomic mass is 35.5. The highest BCUT2D eigenvalue weighted by Gasteiger charge is 2.00. The van der Waals surface area contributed by atoms with Gasteiger partial charge < -0.3 is 4.90 Å². The maximum absolute atomic E-state index is 5.70. The van der Waals surface area contributed by atoms with Crippen molar-refractivity contribution in [2.45, 2.75) is 45.1 Å². The Morgan fingerprint density at radius 2 is 1.31 bits per heavy atom. The van der Waals surface area contributed by atoms with Gasteiger partial charge >= 0.3 is 0 Å². The number of alkyl halides is 1. The lowest BCUT2D eigenvalue weighted by molar-refractivity contribution is -0.697. The number of hydrogen-bond acceptors (Lipinski definition) is 1. The average Bonchev–Trinajstić information content (AvgIpc) is 2.67. The van der Waals surface area contributed by atoms with Crippen LogP contribution in [0.25, 0.3) is 12.2 Å². The third-order valence-electron chi connectivity index (χ3n) is 4.59. The van der Waals surface area contributed by atoms with Gasteiger partial charge in [-0.05, 0) is 36.1 Å². The number of hydrogen-bond donors (Lipinski definition) is 0. The molecule has 0 unspecified atom stereocenters. The maximum atomic E-state index is 5.70. The highest BCUT2D eigenvalue weighted by molar-refractivity contribution is 6.17. The minimum atomic E-state index is 0.804. The van der Waals surface area contributed by atoms with Crippen LogP contribution in [0.1, 0.15) is 49.7 Å². The zero-order chi connectivity index (χ0) is 18.6. The zero-order valence-electron chi connectivity index (χ0n) is 16.2. The van der Waals surface area contributed by atoms with E-state index in [-0.39, 0.29) is 0 Å². The standard InChI is InChI=1S/C23H32ClN2/c1-25(2)23-13-11-21(12-14-23)9-10-22-15-19-26(20-16-22)18-8-6-4-3-5-7-17-24/h9-16,19-20H,3-8,17-18H2,1-2H3/q+1. The Kier molecular flexibility index (Phi) is 9.27. The van der Waals surface area contributed by atoms with Crippen molar-refractivity contribution in [3.8, 4) is 0 Å². The van der Waals surface area contributed by atoms with E-state index in [1.165, 1.54) is 48.9 Å². The molecule has 1 aromatic carbocycles. The molecule has 0 amide bonds. The van der Waals surface area contributed by atoms with Crippen LogP contribution >= 0.6 is 11.6 Å². The van der Waals surface area contributed by atoms with Crippen LogP contribution in [0.3, 0.4) is 0 Å². The van der Waals surface area contributed by atoms with E-state index in [2.05, 4.69) is 84.5 Å². The van der Waals surface area contributed by atoms with Crippen LogP contribution in [0.15, 0.2) is 48.8 Å². The number of benzene rings is 1. The van der Waals surface area contributed by atoms with Crippen LogP contribution in [0.5, 0.6) is 0 Å². The summed E-state index contributed by atoms with van der Waals surface area (Å²) in [5.74, 6) is 0.804. The summed E-state index contributed by atoms with van der Waals surface area (Å²) < 4.78 is 2.28. The molecule has 0 aliphatic carbocycles. The van der Waals surface area contributed by atoms with Gasteiger partial charge in [0.1, 0.15) is 6.54 Å². The SMILES string of the molecule is CN(C)c1ccc(/C=C/c2cc[n+](CCCCCCCCCl)cc2)cc1. The predicted octanol–water partition coefficient (Wildman–Crippen LogP) is 5.79. The van der Waals surface area contributed by atoms with Crippen molar-refractivity contribution in [2.75, 3.05) is 24.9 Å². The van der Waals surface area contributed by atoms with Crippen molar-refractivity contribution in [3.63, 3.8) is 0 Å². The van der Waals surface area contributed by atoms with Gasteiger partial charge in [-0.3, -0.25) is 0 Å². The molecule has 1 aromatic heterocycles. The quantitative estimate of drug-likeness (QED) is 0.275. The summed E-state index contributed by atoms with van der Waals surface area (Å²) in [4.78, 5) is 2.11. The smallest absolute Gasteiger partial charge is 0.169 e. The Morgan fingerprint density at radius 1 is 0.769 bits per heavy atom. The highest BCUT2D eigenvalue weighted by Crippen LogP contribution is 2.14. The predicted molar refractivity (Wildman–Crippen MR) is 115 cm³/mol.